The van der Waals surface area contributed by atoms with Crippen LogP contribution in [0.15, 0.2) is 30.9 Å². The van der Waals surface area contributed by atoms with Crippen LogP contribution in [0.3, 0.4) is 0 Å². The lowest BCUT2D eigenvalue weighted by Gasteiger charge is -2.10. The summed E-state index contributed by atoms with van der Waals surface area (Å²) in [6.07, 6.45) is 2.74. The van der Waals surface area contributed by atoms with Crippen LogP contribution < -0.4 is 5.32 Å². The molecule has 70 valence electrons. The number of hydrogen-bond donors (Lipinski definition) is 1. The van der Waals surface area contributed by atoms with Crippen molar-refractivity contribution in [2.45, 2.75) is 12.3 Å². The molecule has 0 aliphatic carbocycles. The number of nitrogens with one attached hydrogen (secondary N) is 1. The summed E-state index contributed by atoms with van der Waals surface area (Å²) in [5.41, 5.74) is 3.50. The average molecular weight is 184 g/mol. The average Bonchev–Trinajstić information content (AvgIpc) is 2.68. The van der Waals surface area contributed by atoms with Gasteiger partial charge < -0.3 is 5.32 Å². The summed E-state index contributed by atoms with van der Waals surface area (Å²) >= 11 is 0. The summed E-state index contributed by atoms with van der Waals surface area (Å²) in [6.45, 7) is 4.66. The Labute approximate surface area is 83.9 Å². The van der Waals surface area contributed by atoms with Crippen LogP contribution in [0, 0.1) is 11.3 Å². The summed E-state index contributed by atoms with van der Waals surface area (Å²) in [7, 11) is 0. The number of anilines is 1. The quantitative estimate of drug-likeness (QED) is 0.716. The number of benzene rings is 1. The van der Waals surface area contributed by atoms with E-state index in [1.54, 1.807) is 6.08 Å². The van der Waals surface area contributed by atoms with Gasteiger partial charge in [-0.2, -0.15) is 5.26 Å². The zero-order valence-electron chi connectivity index (χ0n) is 7.96. The van der Waals surface area contributed by atoms with Crippen LogP contribution in [0.25, 0.3) is 0 Å². The summed E-state index contributed by atoms with van der Waals surface area (Å²) in [6, 6.07) is 8.35. The first-order valence-corrected chi connectivity index (χ1v) is 4.74. The minimum absolute atomic E-state index is 0.199. The van der Waals surface area contributed by atoms with E-state index < -0.39 is 0 Å². The highest BCUT2D eigenvalue weighted by Crippen LogP contribution is 2.31. The summed E-state index contributed by atoms with van der Waals surface area (Å²) in [4.78, 5) is 0. The first-order chi connectivity index (χ1) is 6.86. The van der Waals surface area contributed by atoms with E-state index in [-0.39, 0.29) is 5.92 Å². The van der Waals surface area contributed by atoms with Gasteiger partial charge in [0.25, 0.3) is 0 Å². The maximum absolute atomic E-state index is 8.96. The van der Waals surface area contributed by atoms with Crippen LogP contribution in [0.5, 0.6) is 0 Å². The molecule has 1 unspecified atom stereocenters. The van der Waals surface area contributed by atoms with E-state index in [1.165, 1.54) is 5.56 Å². The molecule has 1 aliphatic heterocycles. The zero-order chi connectivity index (χ0) is 9.97. The first-order valence-electron chi connectivity index (χ1n) is 4.74. The fraction of sp³-hybridized carbons (Fsp3) is 0.250. The maximum atomic E-state index is 8.96. The molecule has 2 rings (SSSR count). The molecule has 1 atom stereocenters. The molecule has 1 aliphatic rings. The molecule has 1 aromatic carbocycles. The van der Waals surface area contributed by atoms with Gasteiger partial charge >= 0.3 is 0 Å². The van der Waals surface area contributed by atoms with E-state index in [2.05, 4.69) is 24.0 Å². The number of hydrogen-bond acceptors (Lipinski definition) is 2. The number of nitrogens with zero attached hydrogens (tertiary/aromatic N) is 1. The van der Waals surface area contributed by atoms with Crippen molar-refractivity contribution in [1.82, 2.24) is 0 Å². The Morgan fingerprint density at radius 3 is 3.14 bits per heavy atom. The third kappa shape index (κ3) is 1.27. The lowest BCUT2D eigenvalue weighted by molar-refractivity contribution is 1.10. The minimum Gasteiger partial charge on any atom is -0.384 e. The Kier molecular flexibility index (Phi) is 2.24. The van der Waals surface area contributed by atoms with E-state index in [1.807, 2.05) is 12.1 Å². The molecule has 2 heteroatoms. The van der Waals surface area contributed by atoms with Crippen molar-refractivity contribution >= 4 is 5.69 Å². The van der Waals surface area contributed by atoms with Crippen molar-refractivity contribution < 1.29 is 0 Å². The third-order valence-corrected chi connectivity index (χ3v) is 2.59. The van der Waals surface area contributed by atoms with Crippen LogP contribution in [-0.2, 0) is 6.42 Å². The van der Waals surface area contributed by atoms with Gasteiger partial charge in [-0.15, -0.1) is 6.58 Å². The van der Waals surface area contributed by atoms with Crippen molar-refractivity contribution in [3.63, 3.8) is 0 Å². The molecule has 0 aromatic heterocycles. The van der Waals surface area contributed by atoms with E-state index in [9.17, 15) is 0 Å². The van der Waals surface area contributed by atoms with Gasteiger partial charge in [-0.3, -0.25) is 0 Å². The predicted octanol–water partition coefficient (Wildman–Crippen LogP) is 2.45. The fourth-order valence-corrected chi connectivity index (χ4v) is 1.87. The monoisotopic (exact) mass is 184 g/mol. The molecule has 0 saturated carbocycles. The second-order valence-electron chi connectivity index (χ2n) is 3.40. The SMILES string of the molecule is C=CC(C#N)c1cccc2c1NCC2. The molecule has 1 aromatic rings. The topological polar surface area (TPSA) is 35.8 Å². The zero-order valence-corrected chi connectivity index (χ0v) is 7.96. The van der Waals surface area contributed by atoms with Crippen LogP contribution in [0.2, 0.25) is 0 Å². The van der Waals surface area contributed by atoms with Crippen molar-refractivity contribution in [2.75, 3.05) is 11.9 Å². The molecule has 0 spiro atoms. The third-order valence-electron chi connectivity index (χ3n) is 2.59. The number of nitriles is 1. The van der Waals surface area contributed by atoms with Crippen LogP contribution in [-0.4, -0.2) is 6.54 Å². The van der Waals surface area contributed by atoms with Gasteiger partial charge in [0.2, 0.25) is 0 Å². The van der Waals surface area contributed by atoms with E-state index in [0.717, 1.165) is 24.2 Å². The van der Waals surface area contributed by atoms with E-state index in [0.29, 0.717) is 0 Å². The summed E-state index contributed by atoms with van der Waals surface area (Å²) < 4.78 is 0. The second-order valence-corrected chi connectivity index (χ2v) is 3.40. The number of para-hydroxylation sites is 1. The Balaban J connectivity index is 2.49. The molecule has 2 nitrogen and oxygen atoms in total. The van der Waals surface area contributed by atoms with Crippen LogP contribution >= 0.6 is 0 Å². The Hall–Kier alpha value is -1.75. The smallest absolute Gasteiger partial charge is 0.0910 e. The van der Waals surface area contributed by atoms with Crippen LogP contribution in [0.4, 0.5) is 5.69 Å². The fourth-order valence-electron chi connectivity index (χ4n) is 1.87. The largest absolute Gasteiger partial charge is 0.384 e. The lowest BCUT2D eigenvalue weighted by Crippen LogP contribution is -1.98. The van der Waals surface area contributed by atoms with Gasteiger partial charge in [-0.1, -0.05) is 24.3 Å². The van der Waals surface area contributed by atoms with Crippen molar-refractivity contribution in [3.05, 3.63) is 42.0 Å². The molecule has 0 saturated heterocycles. The second kappa shape index (κ2) is 3.55. The predicted molar refractivity (Wildman–Crippen MR) is 57.2 cm³/mol. The highest BCUT2D eigenvalue weighted by molar-refractivity contribution is 5.63. The Bertz CT molecular complexity index is 401. The number of allylic oxidation sites excluding steroid dienone is 1. The number of rotatable bonds is 2. The molecule has 1 N–H and O–H groups in total. The van der Waals surface area contributed by atoms with Gasteiger partial charge in [0.05, 0.1) is 12.0 Å². The van der Waals surface area contributed by atoms with Crippen molar-refractivity contribution in [1.29, 1.82) is 5.26 Å². The van der Waals surface area contributed by atoms with Gasteiger partial charge in [0.1, 0.15) is 0 Å². The maximum Gasteiger partial charge on any atom is 0.0910 e. The highest BCUT2D eigenvalue weighted by Gasteiger charge is 2.17. The molecule has 0 radical (unpaired) electrons. The molecule has 0 fully saturated rings. The van der Waals surface area contributed by atoms with Gasteiger partial charge in [-0.05, 0) is 17.5 Å². The lowest BCUT2D eigenvalue weighted by atomic mass is 9.96. The highest BCUT2D eigenvalue weighted by atomic mass is 14.9. The molecule has 1 heterocycles. The normalized spacial score (nSPS) is 15.1. The Morgan fingerprint density at radius 2 is 2.43 bits per heavy atom. The van der Waals surface area contributed by atoms with Crippen molar-refractivity contribution in [2.24, 2.45) is 0 Å². The minimum atomic E-state index is -0.199. The number of fused-ring (bicyclic) bond motifs is 1. The molecular formula is C12H12N2. The van der Waals surface area contributed by atoms with Crippen LogP contribution in [0.1, 0.15) is 17.0 Å². The molecule has 14 heavy (non-hydrogen) atoms. The van der Waals surface area contributed by atoms with Gasteiger partial charge in [0, 0.05) is 12.2 Å². The summed E-state index contributed by atoms with van der Waals surface area (Å²) in [5, 5.41) is 12.3. The first kappa shape index (κ1) is 8.83. The standard InChI is InChI=1S/C12H12N2/c1-2-9(8-13)11-5-3-4-10-6-7-14-12(10)11/h2-5,9,14H,1,6-7H2. The van der Waals surface area contributed by atoms with Gasteiger partial charge in [0.15, 0.2) is 0 Å². The molecule has 0 amide bonds. The summed E-state index contributed by atoms with van der Waals surface area (Å²) in [5.74, 6) is -0.199. The van der Waals surface area contributed by atoms with Gasteiger partial charge in [-0.25, -0.2) is 0 Å². The Morgan fingerprint density at radius 1 is 1.57 bits per heavy atom. The van der Waals surface area contributed by atoms with Crippen molar-refractivity contribution in [3.8, 4) is 6.07 Å². The van der Waals surface area contributed by atoms with E-state index in [4.69, 9.17) is 5.26 Å². The molecule has 0 bridgehead atoms. The molecular weight excluding hydrogens is 172 g/mol. The van der Waals surface area contributed by atoms with E-state index >= 15 is 0 Å².